The Kier molecular flexibility index (Phi) is 3.23. The second kappa shape index (κ2) is 4.83. The molecule has 0 fully saturated rings. The molecule has 0 aliphatic heterocycles. The SMILES string of the molecule is COc1nccnc1-c1ccc(C)c(C(=O)O)c1. The standard InChI is InChI=1S/C13H12N2O3/c1-8-3-4-9(7-10(8)13(16)17)11-12(18-2)15-6-5-14-11/h3-7H,1-2H3,(H,16,17). The summed E-state index contributed by atoms with van der Waals surface area (Å²) in [5, 5.41) is 9.10. The van der Waals surface area contributed by atoms with Gasteiger partial charge in [0.15, 0.2) is 0 Å². The largest absolute Gasteiger partial charge is 0.479 e. The van der Waals surface area contributed by atoms with E-state index in [4.69, 9.17) is 9.84 Å². The van der Waals surface area contributed by atoms with E-state index in [1.807, 2.05) is 0 Å². The predicted molar refractivity (Wildman–Crippen MR) is 65.7 cm³/mol. The van der Waals surface area contributed by atoms with Gasteiger partial charge < -0.3 is 9.84 Å². The first-order valence-corrected chi connectivity index (χ1v) is 5.33. The number of nitrogens with zero attached hydrogens (tertiary/aromatic N) is 2. The van der Waals surface area contributed by atoms with Crippen molar-refractivity contribution in [1.29, 1.82) is 0 Å². The van der Waals surface area contributed by atoms with E-state index >= 15 is 0 Å². The number of hydrogen-bond acceptors (Lipinski definition) is 4. The summed E-state index contributed by atoms with van der Waals surface area (Å²) in [6.45, 7) is 1.75. The van der Waals surface area contributed by atoms with Crippen LogP contribution < -0.4 is 4.74 Å². The average molecular weight is 244 g/mol. The van der Waals surface area contributed by atoms with Crippen LogP contribution in [0.2, 0.25) is 0 Å². The van der Waals surface area contributed by atoms with Crippen molar-refractivity contribution >= 4 is 5.97 Å². The number of carboxylic acids is 1. The molecule has 1 aromatic heterocycles. The molecule has 5 nitrogen and oxygen atoms in total. The highest BCUT2D eigenvalue weighted by Crippen LogP contribution is 2.26. The molecule has 2 rings (SSSR count). The van der Waals surface area contributed by atoms with E-state index in [0.717, 1.165) is 0 Å². The number of aromatic carboxylic acids is 1. The number of hydrogen-bond donors (Lipinski definition) is 1. The zero-order chi connectivity index (χ0) is 13.1. The van der Waals surface area contributed by atoms with Gasteiger partial charge in [0, 0.05) is 18.0 Å². The molecule has 1 aromatic carbocycles. The van der Waals surface area contributed by atoms with Crippen molar-refractivity contribution in [2.75, 3.05) is 7.11 Å². The zero-order valence-electron chi connectivity index (χ0n) is 10.0. The molecule has 18 heavy (non-hydrogen) atoms. The Morgan fingerprint density at radius 1 is 1.28 bits per heavy atom. The van der Waals surface area contributed by atoms with Crippen LogP contribution in [0.5, 0.6) is 5.88 Å². The number of methoxy groups -OCH3 is 1. The molecule has 0 atom stereocenters. The van der Waals surface area contributed by atoms with Gasteiger partial charge in [-0.3, -0.25) is 0 Å². The minimum atomic E-state index is -0.961. The minimum absolute atomic E-state index is 0.250. The lowest BCUT2D eigenvalue weighted by molar-refractivity contribution is 0.0696. The number of carboxylic acid groups (broad SMARTS) is 1. The third-order valence-electron chi connectivity index (χ3n) is 2.60. The third kappa shape index (κ3) is 2.15. The summed E-state index contributed by atoms with van der Waals surface area (Å²) in [5.41, 5.74) is 2.15. The van der Waals surface area contributed by atoms with Crippen molar-refractivity contribution in [3.05, 3.63) is 41.7 Å². The Balaban J connectivity index is 2.58. The minimum Gasteiger partial charge on any atom is -0.479 e. The molecule has 92 valence electrons. The summed E-state index contributed by atoms with van der Waals surface area (Å²) in [6.07, 6.45) is 3.06. The fraction of sp³-hybridized carbons (Fsp3) is 0.154. The number of ether oxygens (including phenoxy) is 1. The third-order valence-corrected chi connectivity index (χ3v) is 2.60. The highest BCUT2D eigenvalue weighted by atomic mass is 16.5. The van der Waals surface area contributed by atoms with E-state index in [2.05, 4.69) is 9.97 Å². The molecule has 0 radical (unpaired) electrons. The van der Waals surface area contributed by atoms with Crippen LogP contribution in [0.3, 0.4) is 0 Å². The maximum Gasteiger partial charge on any atom is 0.335 e. The molecule has 1 N–H and O–H groups in total. The molecular formula is C13H12N2O3. The van der Waals surface area contributed by atoms with Gasteiger partial charge in [-0.05, 0) is 18.6 Å². The van der Waals surface area contributed by atoms with Crippen LogP contribution in [0.1, 0.15) is 15.9 Å². The molecule has 1 heterocycles. The fourth-order valence-corrected chi connectivity index (χ4v) is 1.67. The van der Waals surface area contributed by atoms with Crippen molar-refractivity contribution in [1.82, 2.24) is 9.97 Å². The van der Waals surface area contributed by atoms with Gasteiger partial charge in [-0.25, -0.2) is 14.8 Å². The molecular weight excluding hydrogens is 232 g/mol. The number of aromatic nitrogens is 2. The molecule has 0 bridgehead atoms. The van der Waals surface area contributed by atoms with Crippen LogP contribution in [0.15, 0.2) is 30.6 Å². The van der Waals surface area contributed by atoms with Crippen molar-refractivity contribution < 1.29 is 14.6 Å². The van der Waals surface area contributed by atoms with Gasteiger partial charge in [-0.15, -0.1) is 0 Å². The zero-order valence-corrected chi connectivity index (χ0v) is 10.0. The average Bonchev–Trinajstić information content (AvgIpc) is 2.39. The van der Waals surface area contributed by atoms with Crippen LogP contribution in [-0.4, -0.2) is 28.2 Å². The maximum atomic E-state index is 11.1. The summed E-state index contributed by atoms with van der Waals surface area (Å²) in [5.74, 6) is -0.588. The van der Waals surface area contributed by atoms with E-state index in [9.17, 15) is 4.79 Å². The first-order chi connectivity index (χ1) is 8.63. The lowest BCUT2D eigenvalue weighted by Gasteiger charge is -2.08. The topological polar surface area (TPSA) is 72.3 Å². The number of rotatable bonds is 3. The predicted octanol–water partition coefficient (Wildman–Crippen LogP) is 2.16. The van der Waals surface area contributed by atoms with Gasteiger partial charge >= 0.3 is 5.97 Å². The number of benzene rings is 1. The Labute approximate surface area is 104 Å². The molecule has 0 saturated carbocycles. The fourth-order valence-electron chi connectivity index (χ4n) is 1.67. The van der Waals surface area contributed by atoms with Crippen molar-refractivity contribution in [3.63, 3.8) is 0 Å². The molecule has 5 heteroatoms. The van der Waals surface area contributed by atoms with Gasteiger partial charge in [-0.1, -0.05) is 12.1 Å². The maximum absolute atomic E-state index is 11.1. The van der Waals surface area contributed by atoms with Crippen molar-refractivity contribution in [2.45, 2.75) is 6.92 Å². The van der Waals surface area contributed by atoms with Crippen molar-refractivity contribution in [3.8, 4) is 17.1 Å². The Bertz CT molecular complexity index is 597. The van der Waals surface area contributed by atoms with E-state index in [1.54, 1.807) is 25.1 Å². The summed E-state index contributed by atoms with van der Waals surface area (Å²) < 4.78 is 5.11. The quantitative estimate of drug-likeness (QED) is 0.895. The van der Waals surface area contributed by atoms with Crippen LogP contribution in [0.25, 0.3) is 11.3 Å². The Morgan fingerprint density at radius 2 is 2.00 bits per heavy atom. The summed E-state index contributed by atoms with van der Waals surface area (Å²) >= 11 is 0. The lowest BCUT2D eigenvalue weighted by atomic mass is 10.0. The Hall–Kier alpha value is -2.43. The van der Waals surface area contributed by atoms with Gasteiger partial charge in [0.2, 0.25) is 5.88 Å². The van der Waals surface area contributed by atoms with Crippen LogP contribution in [0.4, 0.5) is 0 Å². The van der Waals surface area contributed by atoms with Crippen molar-refractivity contribution in [2.24, 2.45) is 0 Å². The smallest absolute Gasteiger partial charge is 0.335 e. The molecule has 0 amide bonds. The second-order valence-electron chi connectivity index (χ2n) is 3.75. The normalized spacial score (nSPS) is 10.1. The highest BCUT2D eigenvalue weighted by molar-refractivity contribution is 5.91. The lowest BCUT2D eigenvalue weighted by Crippen LogP contribution is -2.01. The second-order valence-corrected chi connectivity index (χ2v) is 3.75. The van der Waals surface area contributed by atoms with Gasteiger partial charge in [0.25, 0.3) is 0 Å². The van der Waals surface area contributed by atoms with Gasteiger partial charge in [-0.2, -0.15) is 0 Å². The van der Waals surface area contributed by atoms with Crippen LogP contribution >= 0.6 is 0 Å². The van der Waals surface area contributed by atoms with Gasteiger partial charge in [0.05, 0.1) is 12.7 Å². The summed E-state index contributed by atoms with van der Waals surface area (Å²) in [7, 11) is 1.50. The molecule has 0 aliphatic carbocycles. The molecule has 0 aliphatic rings. The first-order valence-electron chi connectivity index (χ1n) is 5.33. The molecule has 0 spiro atoms. The van der Waals surface area contributed by atoms with E-state index < -0.39 is 5.97 Å². The Morgan fingerprint density at radius 3 is 2.67 bits per heavy atom. The summed E-state index contributed by atoms with van der Waals surface area (Å²) in [6, 6.07) is 5.12. The monoisotopic (exact) mass is 244 g/mol. The van der Waals surface area contributed by atoms with Crippen LogP contribution in [-0.2, 0) is 0 Å². The van der Waals surface area contributed by atoms with E-state index in [-0.39, 0.29) is 5.56 Å². The van der Waals surface area contributed by atoms with E-state index in [1.165, 1.54) is 19.5 Å². The first kappa shape index (κ1) is 12.0. The van der Waals surface area contributed by atoms with Crippen LogP contribution in [0, 0.1) is 6.92 Å². The summed E-state index contributed by atoms with van der Waals surface area (Å²) in [4.78, 5) is 19.3. The van der Waals surface area contributed by atoms with Gasteiger partial charge in [0.1, 0.15) is 5.69 Å². The van der Waals surface area contributed by atoms with E-state index in [0.29, 0.717) is 22.7 Å². The molecule has 0 unspecified atom stereocenters. The number of aryl methyl sites for hydroxylation is 1. The molecule has 0 saturated heterocycles. The molecule has 2 aromatic rings. The number of carbonyl (C=O) groups is 1. The highest BCUT2D eigenvalue weighted by Gasteiger charge is 2.12.